The number of aliphatic hydroxyl groups is 1. The van der Waals surface area contributed by atoms with Gasteiger partial charge in [0.1, 0.15) is 12.0 Å². The van der Waals surface area contributed by atoms with Crippen LogP contribution < -0.4 is 14.8 Å². The van der Waals surface area contributed by atoms with Gasteiger partial charge in [-0.2, -0.15) is 0 Å². The molecule has 2 aliphatic heterocycles. The zero-order chi connectivity index (χ0) is 25.1. The van der Waals surface area contributed by atoms with Gasteiger partial charge in [-0.15, -0.1) is 0 Å². The molecule has 1 saturated carbocycles. The Kier molecular flexibility index (Phi) is 5.54. The molecule has 1 aromatic heterocycles. The highest BCUT2D eigenvalue weighted by atomic mass is 19.1. The van der Waals surface area contributed by atoms with Gasteiger partial charge >= 0.3 is 0 Å². The van der Waals surface area contributed by atoms with Crippen molar-refractivity contribution >= 4 is 16.6 Å². The molecule has 2 N–H and O–H groups in total. The van der Waals surface area contributed by atoms with E-state index in [9.17, 15) is 5.11 Å². The number of aromatic nitrogens is 1. The van der Waals surface area contributed by atoms with Crippen LogP contribution in [0.2, 0.25) is 0 Å². The number of halogens is 1. The van der Waals surface area contributed by atoms with Crippen molar-refractivity contribution < 1.29 is 23.7 Å². The van der Waals surface area contributed by atoms with Crippen molar-refractivity contribution in [3.63, 3.8) is 0 Å². The summed E-state index contributed by atoms with van der Waals surface area (Å²) in [4.78, 5) is 0. The first-order valence-electron chi connectivity index (χ1n) is 12.7. The first-order chi connectivity index (χ1) is 17.2. The zero-order valence-corrected chi connectivity index (χ0v) is 21.1. The Labute approximate surface area is 210 Å². The van der Waals surface area contributed by atoms with Gasteiger partial charge in [0.05, 0.1) is 24.4 Å². The van der Waals surface area contributed by atoms with Crippen molar-refractivity contribution in [3.8, 4) is 11.5 Å². The highest BCUT2D eigenvalue weighted by Crippen LogP contribution is 2.53. The second-order valence-corrected chi connectivity index (χ2v) is 11.2. The van der Waals surface area contributed by atoms with Crippen LogP contribution in [0.4, 0.5) is 10.1 Å². The van der Waals surface area contributed by atoms with Gasteiger partial charge in [-0.05, 0) is 54.7 Å². The molecule has 3 aliphatic rings. The minimum absolute atomic E-state index is 0.105. The van der Waals surface area contributed by atoms with Gasteiger partial charge in [-0.1, -0.05) is 32.9 Å². The van der Waals surface area contributed by atoms with Crippen LogP contribution >= 0.6 is 0 Å². The molecule has 0 saturated heterocycles. The van der Waals surface area contributed by atoms with Crippen molar-refractivity contribution in [3.05, 3.63) is 65.1 Å². The largest absolute Gasteiger partial charge is 0.454 e. The maximum atomic E-state index is 15.5. The van der Waals surface area contributed by atoms with Gasteiger partial charge in [0.15, 0.2) is 11.5 Å². The summed E-state index contributed by atoms with van der Waals surface area (Å²) >= 11 is 0. The number of fused-ring (bicyclic) bond motifs is 2. The summed E-state index contributed by atoms with van der Waals surface area (Å²) in [7, 11) is 0. The predicted octanol–water partition coefficient (Wildman–Crippen LogP) is 5.62. The lowest BCUT2D eigenvalue weighted by Gasteiger charge is -2.25. The summed E-state index contributed by atoms with van der Waals surface area (Å²) in [6.07, 6.45) is 3.72. The van der Waals surface area contributed by atoms with Crippen LogP contribution in [0.1, 0.15) is 51.3 Å². The van der Waals surface area contributed by atoms with E-state index < -0.39 is 11.6 Å². The number of rotatable bonds is 6. The number of benzene rings is 2. The first kappa shape index (κ1) is 23.4. The van der Waals surface area contributed by atoms with E-state index in [2.05, 4.69) is 42.8 Å². The lowest BCUT2D eigenvalue weighted by molar-refractivity contribution is 0.153. The molecular formula is C29H33FN2O4. The van der Waals surface area contributed by atoms with Crippen LogP contribution in [0.25, 0.3) is 10.9 Å². The molecule has 0 radical (unpaired) electrons. The van der Waals surface area contributed by atoms with Crippen LogP contribution in [0, 0.1) is 5.82 Å². The number of aliphatic hydroxyl groups excluding tert-OH is 1. The van der Waals surface area contributed by atoms with E-state index in [0.717, 1.165) is 54.6 Å². The summed E-state index contributed by atoms with van der Waals surface area (Å²) in [5, 5.41) is 15.3. The normalized spacial score (nSPS) is 19.3. The molecule has 7 heteroatoms. The van der Waals surface area contributed by atoms with Gasteiger partial charge in [-0.3, -0.25) is 0 Å². The van der Waals surface area contributed by atoms with Crippen LogP contribution in [-0.4, -0.2) is 35.9 Å². The summed E-state index contributed by atoms with van der Waals surface area (Å²) in [6.45, 7) is 8.82. The van der Waals surface area contributed by atoms with E-state index in [-0.39, 0.29) is 18.0 Å². The lowest BCUT2D eigenvalue weighted by Crippen LogP contribution is -2.33. The predicted molar refractivity (Wildman–Crippen MR) is 137 cm³/mol. The maximum absolute atomic E-state index is 15.5. The molecule has 2 aromatic carbocycles. The van der Waals surface area contributed by atoms with Gasteiger partial charge in [0.25, 0.3) is 0 Å². The standard InChI is InChI=1S/C29H33FN2O4/c1-28(2,3)26-13-19-12-22(21(30)15-23(19)32(26)16-18-6-10-34-11-7-18)31-27(33)29(8-9-29)20-4-5-24-25(14-20)36-17-35-24/h4-6,12-15,27,31,33H,7-11,16-17H2,1-3H3. The molecule has 6 rings (SSSR count). The van der Waals surface area contributed by atoms with E-state index >= 15 is 4.39 Å². The quantitative estimate of drug-likeness (QED) is 0.346. The Morgan fingerprint density at radius 2 is 1.92 bits per heavy atom. The smallest absolute Gasteiger partial charge is 0.231 e. The lowest BCUT2D eigenvalue weighted by atomic mass is 9.92. The van der Waals surface area contributed by atoms with E-state index in [1.807, 2.05) is 24.3 Å². The van der Waals surface area contributed by atoms with Gasteiger partial charge < -0.3 is 29.2 Å². The number of hydrogen-bond acceptors (Lipinski definition) is 5. The number of nitrogens with zero attached hydrogens (tertiary/aromatic N) is 1. The fraction of sp³-hybridized carbons (Fsp3) is 0.448. The molecule has 3 heterocycles. The summed E-state index contributed by atoms with van der Waals surface area (Å²) in [5.74, 6) is 1.03. The first-order valence-corrected chi connectivity index (χ1v) is 12.7. The average Bonchev–Trinajstić information content (AvgIpc) is 3.41. The SMILES string of the molecule is CC(C)(C)c1cc2cc(NC(O)C3(c4ccc5c(c4)OCO5)CC3)c(F)cc2n1CC1=CCOCC1. The Hall–Kier alpha value is -3.03. The topological polar surface area (TPSA) is 64.9 Å². The monoisotopic (exact) mass is 492 g/mol. The van der Waals surface area contributed by atoms with Crippen LogP contribution in [-0.2, 0) is 22.1 Å². The molecule has 1 fully saturated rings. The highest BCUT2D eigenvalue weighted by molar-refractivity contribution is 5.85. The summed E-state index contributed by atoms with van der Waals surface area (Å²) in [6, 6.07) is 11.3. The van der Waals surface area contributed by atoms with Crippen molar-refractivity contribution in [2.24, 2.45) is 0 Å². The fourth-order valence-electron chi connectivity index (χ4n) is 5.44. The van der Waals surface area contributed by atoms with E-state index in [4.69, 9.17) is 14.2 Å². The second-order valence-electron chi connectivity index (χ2n) is 11.2. The molecule has 1 unspecified atom stereocenters. The van der Waals surface area contributed by atoms with Crippen LogP contribution in [0.15, 0.2) is 48.0 Å². The van der Waals surface area contributed by atoms with Gasteiger partial charge in [0, 0.05) is 34.5 Å². The van der Waals surface area contributed by atoms with Crippen molar-refractivity contribution in [2.45, 2.75) is 63.6 Å². The third-order valence-corrected chi connectivity index (χ3v) is 7.73. The van der Waals surface area contributed by atoms with E-state index in [1.54, 1.807) is 6.07 Å². The Balaban J connectivity index is 1.32. The van der Waals surface area contributed by atoms with E-state index in [0.29, 0.717) is 23.8 Å². The minimum Gasteiger partial charge on any atom is -0.454 e. The van der Waals surface area contributed by atoms with Crippen molar-refractivity contribution in [2.75, 3.05) is 25.3 Å². The van der Waals surface area contributed by atoms with Crippen molar-refractivity contribution in [1.82, 2.24) is 4.57 Å². The number of hydrogen-bond donors (Lipinski definition) is 2. The molecule has 3 aromatic rings. The second kappa shape index (κ2) is 8.53. The number of anilines is 1. The number of nitrogens with one attached hydrogen (secondary N) is 1. The van der Waals surface area contributed by atoms with Gasteiger partial charge in [0.2, 0.25) is 6.79 Å². The Morgan fingerprint density at radius 3 is 2.64 bits per heavy atom. The molecule has 0 bridgehead atoms. The third kappa shape index (κ3) is 4.04. The fourth-order valence-corrected chi connectivity index (χ4v) is 5.44. The Morgan fingerprint density at radius 1 is 1.11 bits per heavy atom. The Bertz CT molecular complexity index is 1350. The molecule has 0 amide bonds. The maximum Gasteiger partial charge on any atom is 0.231 e. The molecule has 0 spiro atoms. The molecule has 1 atom stereocenters. The summed E-state index contributed by atoms with van der Waals surface area (Å²) in [5.41, 5.74) is 4.03. The summed E-state index contributed by atoms with van der Waals surface area (Å²) < 4.78 is 34.1. The molecule has 1 aliphatic carbocycles. The minimum atomic E-state index is -0.929. The average molecular weight is 493 g/mol. The van der Waals surface area contributed by atoms with Crippen LogP contribution in [0.5, 0.6) is 11.5 Å². The van der Waals surface area contributed by atoms with Gasteiger partial charge in [-0.25, -0.2) is 4.39 Å². The molecule has 190 valence electrons. The van der Waals surface area contributed by atoms with Crippen LogP contribution in [0.3, 0.4) is 0 Å². The van der Waals surface area contributed by atoms with Crippen molar-refractivity contribution in [1.29, 1.82) is 0 Å². The molecule has 6 nitrogen and oxygen atoms in total. The zero-order valence-electron chi connectivity index (χ0n) is 21.1. The highest BCUT2D eigenvalue weighted by Gasteiger charge is 2.51. The molecular weight excluding hydrogens is 459 g/mol. The third-order valence-electron chi connectivity index (χ3n) is 7.73. The van der Waals surface area contributed by atoms with E-state index in [1.165, 1.54) is 5.57 Å². The number of ether oxygens (including phenoxy) is 3. The molecule has 36 heavy (non-hydrogen) atoms.